The zero-order valence-corrected chi connectivity index (χ0v) is 31.7. The number of halogens is 2. The van der Waals surface area contributed by atoms with E-state index in [1.807, 2.05) is 0 Å². The van der Waals surface area contributed by atoms with E-state index < -0.39 is 95.6 Å². The minimum absolute atomic E-state index is 0.0280. The van der Waals surface area contributed by atoms with Crippen LogP contribution in [0.3, 0.4) is 0 Å². The van der Waals surface area contributed by atoms with Gasteiger partial charge in [0.05, 0.1) is 18.1 Å². The van der Waals surface area contributed by atoms with Gasteiger partial charge in [0, 0.05) is 38.1 Å². The van der Waals surface area contributed by atoms with Crippen molar-refractivity contribution in [3.63, 3.8) is 0 Å². The number of aliphatic hydroxyl groups is 2. The summed E-state index contributed by atoms with van der Waals surface area (Å²) in [7, 11) is 0. The summed E-state index contributed by atoms with van der Waals surface area (Å²) in [6, 6.07) is -2.20. The fourth-order valence-corrected chi connectivity index (χ4v) is 6.27. The van der Waals surface area contributed by atoms with Crippen molar-refractivity contribution >= 4 is 35.8 Å². The number of phenolic OH excluding ortho intramolecular Hbond substituents is 1. The monoisotopic (exact) mass is 774 g/mol. The van der Waals surface area contributed by atoms with Gasteiger partial charge in [-0.1, -0.05) is 45.1 Å². The van der Waals surface area contributed by atoms with Crippen molar-refractivity contribution in [3.8, 4) is 5.75 Å². The lowest BCUT2D eigenvalue weighted by atomic mass is 9.84. The molecule has 3 rings (SSSR count). The lowest BCUT2D eigenvalue weighted by Gasteiger charge is -2.36. The molecule has 302 valence electrons. The van der Waals surface area contributed by atoms with Gasteiger partial charge in [0.1, 0.15) is 36.0 Å². The van der Waals surface area contributed by atoms with Crippen LogP contribution in [0.15, 0.2) is 47.8 Å². The van der Waals surface area contributed by atoms with E-state index in [0.717, 1.165) is 17.1 Å². The van der Waals surface area contributed by atoms with Gasteiger partial charge in [-0.25, -0.2) is 14.6 Å². The summed E-state index contributed by atoms with van der Waals surface area (Å²) in [6.07, 6.45) is 3.96. The second kappa shape index (κ2) is 20.8. The van der Waals surface area contributed by atoms with Crippen LogP contribution in [0.5, 0.6) is 5.75 Å². The van der Waals surface area contributed by atoms with Crippen molar-refractivity contribution < 1.29 is 57.6 Å². The first-order valence-electron chi connectivity index (χ1n) is 18.3. The van der Waals surface area contributed by atoms with Crippen LogP contribution in [0.2, 0.25) is 0 Å². The van der Waals surface area contributed by atoms with E-state index in [1.54, 1.807) is 32.9 Å². The summed E-state index contributed by atoms with van der Waals surface area (Å²) in [6.45, 7) is 7.76. The molecular weight excluding hydrogens is 722 g/mol. The number of carbonyl (C=O) groups excluding carboxylic acids is 6. The van der Waals surface area contributed by atoms with Gasteiger partial charge in [-0.3, -0.25) is 19.4 Å². The van der Waals surface area contributed by atoms with Crippen LogP contribution in [0.1, 0.15) is 78.7 Å². The molecule has 0 saturated carbocycles. The largest absolute Gasteiger partial charge is 0.505 e. The van der Waals surface area contributed by atoms with Gasteiger partial charge < -0.3 is 40.3 Å². The van der Waals surface area contributed by atoms with E-state index in [1.165, 1.54) is 26.0 Å². The van der Waals surface area contributed by atoms with E-state index in [4.69, 9.17) is 4.74 Å². The molecule has 2 aliphatic rings. The summed E-state index contributed by atoms with van der Waals surface area (Å²) in [5, 5.41) is 38.6. The molecule has 1 saturated heterocycles. The summed E-state index contributed by atoms with van der Waals surface area (Å²) in [5.74, 6) is -9.95. The number of fused-ring (bicyclic) bond motifs is 2. The van der Waals surface area contributed by atoms with E-state index >= 15 is 0 Å². The summed E-state index contributed by atoms with van der Waals surface area (Å²) >= 11 is 0. The molecule has 3 amide bonds. The summed E-state index contributed by atoms with van der Waals surface area (Å²) < 4.78 is 34.0. The minimum atomic E-state index is -1.51. The van der Waals surface area contributed by atoms with Crippen molar-refractivity contribution in [1.29, 1.82) is 0 Å². The number of allylic oxidation sites excluding steroid dienone is 4. The molecule has 1 aromatic carbocycles. The molecule has 0 radical (unpaired) electrons. The van der Waals surface area contributed by atoms with E-state index in [9.17, 15) is 52.9 Å². The number of aliphatic hydroxyl groups excluding tert-OH is 2. The molecule has 6 N–H and O–H groups in total. The Labute approximate surface area is 319 Å². The number of hydrogen-bond acceptors (Lipinski definition) is 11. The first kappa shape index (κ1) is 44.6. The van der Waals surface area contributed by atoms with E-state index in [2.05, 4.69) is 16.1 Å². The lowest BCUT2D eigenvalue weighted by Crippen LogP contribution is -2.62. The molecule has 16 heteroatoms. The highest BCUT2D eigenvalue weighted by molar-refractivity contribution is 5.93. The van der Waals surface area contributed by atoms with Crippen LogP contribution in [0.4, 0.5) is 8.78 Å². The number of aldehydes is 1. The third-order valence-corrected chi connectivity index (χ3v) is 9.69. The number of cyclic esters (lactones) is 1. The number of nitrogens with zero attached hydrogens (tertiary/aromatic N) is 1. The molecular formula is C39H52F2N4O10. The van der Waals surface area contributed by atoms with Gasteiger partial charge in [-0.15, -0.1) is 0 Å². The molecule has 2 heterocycles. The Bertz CT molecular complexity index is 1660. The van der Waals surface area contributed by atoms with E-state index in [-0.39, 0.29) is 55.8 Å². The fraction of sp³-hybridized carbons (Fsp3) is 0.538. The number of hydrogen-bond donors (Lipinski definition) is 6. The Morgan fingerprint density at radius 3 is 2.42 bits per heavy atom. The molecule has 2 aliphatic heterocycles. The Balaban J connectivity index is 2.11. The number of phenols is 1. The first-order valence-corrected chi connectivity index (χ1v) is 18.3. The maximum atomic E-state index is 14.4. The Morgan fingerprint density at radius 1 is 1.07 bits per heavy atom. The third-order valence-electron chi connectivity index (χ3n) is 9.69. The molecule has 7 unspecified atom stereocenters. The van der Waals surface area contributed by atoms with Gasteiger partial charge in [-0.05, 0) is 62.3 Å². The SMILES string of the molecule is CC(=O)CCC1C(=O)NC(C(C)C)C(=O)NC(Cc2cc(O)c(F)c(F)c2)C(=O)N2CCCC(N2)C(=O)O/C(=C(/C)CC=O)CC=CC=CC(O)C(C)C1O. The molecule has 1 fully saturated rings. The topological polar surface area (TPSA) is 212 Å². The predicted octanol–water partition coefficient (Wildman–Crippen LogP) is 2.60. The van der Waals surface area contributed by atoms with Crippen LogP contribution < -0.4 is 16.1 Å². The second-order valence-corrected chi connectivity index (χ2v) is 14.4. The standard InChI is InChI=1S/C39H52F2N4O10/c1-21(2)34-37(52)42-29(19-25-18-27(40)33(41)31(49)20-25)38(53)45-16-9-10-28(44-45)39(54)55-32(22(3)15-17-46)12-8-6-7-11-30(48)24(5)35(50)26(36(51)43-34)14-13-23(4)47/h6-8,11,17-18,20-21,24,26,28-30,34-35,44,48-50H,9-10,12-16,19H2,1-5H3,(H,42,52)(H,43,51)/b8-6?,11-7?,32-22-. The molecule has 2 bridgehead atoms. The van der Waals surface area contributed by atoms with Gasteiger partial charge in [-0.2, -0.15) is 4.39 Å². The number of esters is 1. The normalized spacial score (nSPS) is 27.4. The highest BCUT2D eigenvalue weighted by Gasteiger charge is 2.38. The predicted molar refractivity (Wildman–Crippen MR) is 195 cm³/mol. The number of ether oxygens (including phenoxy) is 1. The van der Waals surface area contributed by atoms with Gasteiger partial charge >= 0.3 is 5.97 Å². The number of nitrogens with one attached hydrogen (secondary N) is 3. The average molecular weight is 775 g/mol. The number of aromatic hydroxyl groups is 1. The lowest BCUT2D eigenvalue weighted by molar-refractivity contribution is -0.150. The van der Waals surface area contributed by atoms with Crippen molar-refractivity contribution in [2.75, 3.05) is 6.54 Å². The minimum Gasteiger partial charge on any atom is -0.505 e. The molecule has 7 atom stereocenters. The average Bonchev–Trinajstić information content (AvgIpc) is 3.13. The van der Waals surface area contributed by atoms with Crippen molar-refractivity contribution in [2.45, 2.75) is 110 Å². The quantitative estimate of drug-likeness (QED) is 0.167. The Morgan fingerprint density at radius 2 is 1.78 bits per heavy atom. The maximum Gasteiger partial charge on any atom is 0.330 e. The van der Waals surface area contributed by atoms with Gasteiger partial charge in [0.25, 0.3) is 5.91 Å². The number of benzene rings is 1. The molecule has 0 aromatic heterocycles. The Hall–Kier alpha value is -4.80. The summed E-state index contributed by atoms with van der Waals surface area (Å²) in [5.41, 5.74) is 3.24. The third kappa shape index (κ3) is 12.6. The van der Waals surface area contributed by atoms with Crippen molar-refractivity contribution in [1.82, 2.24) is 21.1 Å². The summed E-state index contributed by atoms with van der Waals surface area (Å²) in [4.78, 5) is 78.6. The maximum absolute atomic E-state index is 14.4. The van der Waals surface area contributed by atoms with Crippen molar-refractivity contribution in [2.24, 2.45) is 17.8 Å². The molecule has 1 aromatic rings. The highest BCUT2D eigenvalue weighted by Crippen LogP contribution is 2.25. The van der Waals surface area contributed by atoms with E-state index in [0.29, 0.717) is 18.3 Å². The first-order chi connectivity index (χ1) is 25.9. The Kier molecular flexibility index (Phi) is 16.8. The molecule has 0 spiro atoms. The van der Waals surface area contributed by atoms with Crippen LogP contribution in [0, 0.1) is 29.4 Å². The van der Waals surface area contributed by atoms with Crippen LogP contribution in [-0.2, 0) is 39.9 Å². The fourth-order valence-electron chi connectivity index (χ4n) is 6.27. The molecule has 55 heavy (non-hydrogen) atoms. The number of ketones is 1. The number of hydrazine groups is 1. The number of amides is 3. The van der Waals surface area contributed by atoms with Crippen molar-refractivity contribution in [3.05, 3.63) is 65.0 Å². The number of carbonyl (C=O) groups is 6. The zero-order chi connectivity index (χ0) is 41.0. The van der Waals surface area contributed by atoms with Crippen LogP contribution in [0.25, 0.3) is 0 Å². The smallest absolute Gasteiger partial charge is 0.330 e. The van der Waals surface area contributed by atoms with Crippen LogP contribution >= 0.6 is 0 Å². The van der Waals surface area contributed by atoms with Gasteiger partial charge in [0.15, 0.2) is 17.4 Å². The molecule has 14 nitrogen and oxygen atoms in total. The molecule has 0 aliphatic carbocycles. The van der Waals surface area contributed by atoms with Crippen LogP contribution in [-0.4, -0.2) is 93.0 Å². The number of Topliss-reactive ketones (excluding diaryl/α,β-unsaturated/α-hetero) is 1. The highest BCUT2D eigenvalue weighted by atomic mass is 19.2. The van der Waals surface area contributed by atoms with Gasteiger partial charge in [0.2, 0.25) is 11.8 Å². The second-order valence-electron chi connectivity index (χ2n) is 14.4. The zero-order valence-electron chi connectivity index (χ0n) is 31.7. The number of rotatable bonds is 8.